The maximum atomic E-state index is 10.1. The average molecular weight is 285 g/mol. The van der Waals surface area contributed by atoms with Crippen LogP contribution in [0.2, 0.25) is 4.34 Å². The van der Waals surface area contributed by atoms with E-state index in [1.807, 2.05) is 6.92 Å². The summed E-state index contributed by atoms with van der Waals surface area (Å²) in [6, 6.07) is 1.77. The molecule has 1 unspecified atom stereocenters. The minimum atomic E-state index is -0.819. The fourth-order valence-electron chi connectivity index (χ4n) is 1.42. The molecular formula is C12H13ClN2O2S. The van der Waals surface area contributed by atoms with Crippen LogP contribution in [0, 0.1) is 0 Å². The van der Waals surface area contributed by atoms with E-state index in [0.717, 1.165) is 6.42 Å². The summed E-state index contributed by atoms with van der Waals surface area (Å²) < 4.78 is 6.02. The number of thiazole rings is 1. The van der Waals surface area contributed by atoms with Gasteiger partial charge in [-0.2, -0.15) is 0 Å². The van der Waals surface area contributed by atoms with Gasteiger partial charge >= 0.3 is 0 Å². The summed E-state index contributed by atoms with van der Waals surface area (Å²) >= 11 is 7.05. The summed E-state index contributed by atoms with van der Waals surface area (Å²) in [5.74, 6) is 0.649. The van der Waals surface area contributed by atoms with Crippen LogP contribution in [0.4, 0.5) is 0 Å². The summed E-state index contributed by atoms with van der Waals surface area (Å²) in [4.78, 5) is 8.10. The Morgan fingerprint density at radius 1 is 1.44 bits per heavy atom. The van der Waals surface area contributed by atoms with E-state index in [0.29, 0.717) is 27.3 Å². The van der Waals surface area contributed by atoms with E-state index in [1.54, 1.807) is 18.5 Å². The van der Waals surface area contributed by atoms with E-state index < -0.39 is 6.10 Å². The van der Waals surface area contributed by atoms with Crippen LogP contribution in [0.1, 0.15) is 30.0 Å². The molecule has 1 atom stereocenters. The van der Waals surface area contributed by atoms with Crippen molar-refractivity contribution in [2.24, 2.45) is 0 Å². The van der Waals surface area contributed by atoms with Crippen LogP contribution in [-0.4, -0.2) is 21.7 Å². The Hall–Kier alpha value is -1.17. The first-order valence-electron chi connectivity index (χ1n) is 5.57. The maximum Gasteiger partial charge on any atom is 0.137 e. The minimum absolute atomic E-state index is 0.550. The van der Waals surface area contributed by atoms with Crippen molar-refractivity contribution in [3.8, 4) is 5.75 Å². The van der Waals surface area contributed by atoms with Gasteiger partial charge in [-0.1, -0.05) is 18.5 Å². The first kappa shape index (κ1) is 13.3. The number of aliphatic hydroxyl groups is 1. The molecular weight excluding hydrogens is 272 g/mol. The Bertz CT molecular complexity index is 518. The summed E-state index contributed by atoms with van der Waals surface area (Å²) in [7, 11) is 0. The Morgan fingerprint density at radius 2 is 2.28 bits per heavy atom. The number of halogens is 1. The van der Waals surface area contributed by atoms with E-state index >= 15 is 0 Å². The number of pyridine rings is 1. The molecule has 4 nitrogen and oxygen atoms in total. The van der Waals surface area contributed by atoms with Crippen LogP contribution in [0.25, 0.3) is 0 Å². The number of rotatable bonds is 5. The maximum absolute atomic E-state index is 10.1. The van der Waals surface area contributed by atoms with E-state index in [2.05, 4.69) is 9.97 Å². The SMILES string of the molecule is CCCOc1cncc(C(O)c2ncc(Cl)s2)c1. The van der Waals surface area contributed by atoms with E-state index in [-0.39, 0.29) is 0 Å². The third-order valence-electron chi connectivity index (χ3n) is 2.25. The van der Waals surface area contributed by atoms with E-state index in [1.165, 1.54) is 17.5 Å². The Balaban J connectivity index is 2.17. The molecule has 96 valence electrons. The van der Waals surface area contributed by atoms with Crippen LogP contribution in [0.3, 0.4) is 0 Å². The molecule has 2 rings (SSSR count). The van der Waals surface area contributed by atoms with Gasteiger partial charge in [0, 0.05) is 11.8 Å². The van der Waals surface area contributed by atoms with Crippen molar-refractivity contribution in [2.45, 2.75) is 19.4 Å². The quantitative estimate of drug-likeness (QED) is 0.917. The molecule has 0 saturated carbocycles. The second kappa shape index (κ2) is 6.13. The van der Waals surface area contributed by atoms with Crippen LogP contribution >= 0.6 is 22.9 Å². The Labute approximate surface area is 114 Å². The average Bonchev–Trinajstić information content (AvgIpc) is 2.82. The normalized spacial score (nSPS) is 12.4. The topological polar surface area (TPSA) is 55.2 Å². The summed E-state index contributed by atoms with van der Waals surface area (Å²) in [5, 5.41) is 10.7. The zero-order chi connectivity index (χ0) is 13.0. The van der Waals surface area contributed by atoms with Crippen molar-refractivity contribution in [3.05, 3.63) is 39.6 Å². The highest BCUT2D eigenvalue weighted by Crippen LogP contribution is 2.29. The van der Waals surface area contributed by atoms with Crippen molar-refractivity contribution >= 4 is 22.9 Å². The largest absolute Gasteiger partial charge is 0.492 e. The van der Waals surface area contributed by atoms with Gasteiger partial charge in [0.25, 0.3) is 0 Å². The molecule has 2 aromatic rings. The molecule has 0 aliphatic carbocycles. The monoisotopic (exact) mass is 284 g/mol. The number of hydrogen-bond acceptors (Lipinski definition) is 5. The van der Waals surface area contributed by atoms with Crippen LogP contribution in [-0.2, 0) is 0 Å². The second-order valence-electron chi connectivity index (χ2n) is 3.71. The Morgan fingerprint density at radius 3 is 2.94 bits per heavy atom. The molecule has 6 heteroatoms. The first-order chi connectivity index (χ1) is 8.70. The molecule has 0 bridgehead atoms. The van der Waals surface area contributed by atoms with Crippen LogP contribution in [0.15, 0.2) is 24.7 Å². The lowest BCUT2D eigenvalue weighted by Crippen LogP contribution is -2.01. The van der Waals surface area contributed by atoms with Gasteiger partial charge in [-0.15, -0.1) is 11.3 Å². The fourth-order valence-corrected chi connectivity index (χ4v) is 2.36. The molecule has 2 heterocycles. The highest BCUT2D eigenvalue weighted by Gasteiger charge is 2.15. The molecule has 0 amide bonds. The lowest BCUT2D eigenvalue weighted by atomic mass is 10.2. The number of aromatic nitrogens is 2. The second-order valence-corrected chi connectivity index (χ2v) is 5.40. The predicted octanol–water partition coefficient (Wildman–Crippen LogP) is 3.06. The molecule has 2 aromatic heterocycles. The summed E-state index contributed by atoms with van der Waals surface area (Å²) in [6.07, 6.45) is 4.85. The van der Waals surface area contributed by atoms with Gasteiger partial charge < -0.3 is 9.84 Å². The summed E-state index contributed by atoms with van der Waals surface area (Å²) in [6.45, 7) is 2.66. The van der Waals surface area contributed by atoms with Crippen molar-refractivity contribution in [1.29, 1.82) is 0 Å². The smallest absolute Gasteiger partial charge is 0.137 e. The lowest BCUT2D eigenvalue weighted by Gasteiger charge is -2.09. The zero-order valence-corrected chi connectivity index (χ0v) is 11.4. The molecule has 18 heavy (non-hydrogen) atoms. The number of hydrogen-bond donors (Lipinski definition) is 1. The highest BCUT2D eigenvalue weighted by molar-refractivity contribution is 7.15. The lowest BCUT2D eigenvalue weighted by molar-refractivity contribution is 0.218. The number of ether oxygens (including phenoxy) is 1. The van der Waals surface area contributed by atoms with Crippen molar-refractivity contribution in [1.82, 2.24) is 9.97 Å². The van der Waals surface area contributed by atoms with Gasteiger partial charge in [0.15, 0.2) is 0 Å². The predicted molar refractivity (Wildman–Crippen MR) is 71.2 cm³/mol. The van der Waals surface area contributed by atoms with Crippen LogP contribution < -0.4 is 4.74 Å². The van der Waals surface area contributed by atoms with Crippen molar-refractivity contribution in [3.63, 3.8) is 0 Å². The molecule has 0 aliphatic rings. The molecule has 1 N–H and O–H groups in total. The van der Waals surface area contributed by atoms with E-state index in [4.69, 9.17) is 16.3 Å². The summed E-state index contributed by atoms with van der Waals surface area (Å²) in [5.41, 5.74) is 0.648. The van der Waals surface area contributed by atoms with E-state index in [9.17, 15) is 5.11 Å². The molecule has 0 radical (unpaired) electrons. The van der Waals surface area contributed by atoms with Gasteiger partial charge in [0.1, 0.15) is 21.2 Å². The standard InChI is InChI=1S/C12H13ClN2O2S/c1-2-3-17-9-4-8(5-14-6-9)11(16)12-15-7-10(13)18-12/h4-7,11,16H,2-3H2,1H3. The van der Waals surface area contributed by atoms with Gasteiger partial charge in [0.05, 0.1) is 19.0 Å². The Kier molecular flexibility index (Phi) is 4.52. The third-order valence-corrected chi connectivity index (χ3v) is 3.42. The zero-order valence-electron chi connectivity index (χ0n) is 9.84. The van der Waals surface area contributed by atoms with Crippen molar-refractivity contribution in [2.75, 3.05) is 6.61 Å². The van der Waals surface area contributed by atoms with Crippen LogP contribution in [0.5, 0.6) is 5.75 Å². The van der Waals surface area contributed by atoms with Gasteiger partial charge in [0.2, 0.25) is 0 Å². The fraction of sp³-hybridized carbons (Fsp3) is 0.333. The molecule has 0 saturated heterocycles. The number of nitrogens with zero attached hydrogens (tertiary/aromatic N) is 2. The molecule has 0 aliphatic heterocycles. The minimum Gasteiger partial charge on any atom is -0.492 e. The molecule has 0 aromatic carbocycles. The van der Waals surface area contributed by atoms with Crippen molar-refractivity contribution < 1.29 is 9.84 Å². The number of aliphatic hydroxyl groups excluding tert-OH is 1. The third kappa shape index (κ3) is 3.19. The first-order valence-corrected chi connectivity index (χ1v) is 6.77. The molecule has 0 spiro atoms. The van der Waals surface area contributed by atoms with Gasteiger partial charge in [-0.3, -0.25) is 4.98 Å². The highest BCUT2D eigenvalue weighted by atomic mass is 35.5. The molecule has 0 fully saturated rings. The van der Waals surface area contributed by atoms with Gasteiger partial charge in [-0.25, -0.2) is 4.98 Å². The van der Waals surface area contributed by atoms with Gasteiger partial charge in [-0.05, 0) is 12.5 Å².